The fourth-order valence-corrected chi connectivity index (χ4v) is 3.50. The molecule has 26 heavy (non-hydrogen) atoms. The van der Waals surface area contributed by atoms with Crippen LogP contribution >= 0.6 is 0 Å². The van der Waals surface area contributed by atoms with Gasteiger partial charge >= 0.3 is 0 Å². The number of nitrogens with zero attached hydrogens (tertiary/aromatic N) is 1. The van der Waals surface area contributed by atoms with Crippen molar-refractivity contribution >= 4 is 5.91 Å². The quantitative estimate of drug-likeness (QED) is 0.869. The van der Waals surface area contributed by atoms with E-state index in [2.05, 4.69) is 47.5 Å². The topological polar surface area (TPSA) is 41.6 Å². The Morgan fingerprint density at radius 2 is 1.77 bits per heavy atom. The van der Waals surface area contributed by atoms with Crippen LogP contribution < -0.4 is 5.32 Å². The number of carbonyl (C=O) groups is 1. The summed E-state index contributed by atoms with van der Waals surface area (Å²) in [5.41, 5.74) is 4.73. The lowest BCUT2D eigenvalue weighted by molar-refractivity contribution is -0.120. The number of benzene rings is 2. The molecule has 2 aromatic rings. The zero-order chi connectivity index (χ0) is 18.4. The van der Waals surface area contributed by atoms with E-state index in [1.807, 2.05) is 25.1 Å². The van der Waals surface area contributed by atoms with Crippen LogP contribution in [0.15, 0.2) is 48.5 Å². The largest absolute Gasteiger partial charge is 0.379 e. The van der Waals surface area contributed by atoms with Gasteiger partial charge in [0, 0.05) is 19.6 Å². The third-order valence-corrected chi connectivity index (χ3v) is 4.85. The van der Waals surface area contributed by atoms with E-state index in [4.69, 9.17) is 4.74 Å². The summed E-state index contributed by atoms with van der Waals surface area (Å²) in [7, 11) is 0. The first-order valence-electron chi connectivity index (χ1n) is 9.32. The zero-order valence-electron chi connectivity index (χ0n) is 15.7. The fourth-order valence-electron chi connectivity index (χ4n) is 3.50. The van der Waals surface area contributed by atoms with Crippen LogP contribution in [0.25, 0.3) is 0 Å². The maximum absolute atomic E-state index is 12.5. The molecule has 1 amide bonds. The maximum atomic E-state index is 12.5. The van der Waals surface area contributed by atoms with Crippen molar-refractivity contribution in [3.63, 3.8) is 0 Å². The highest BCUT2D eigenvalue weighted by Crippen LogP contribution is 2.22. The Hall–Kier alpha value is -2.17. The Morgan fingerprint density at radius 3 is 2.46 bits per heavy atom. The van der Waals surface area contributed by atoms with Crippen LogP contribution in [0.1, 0.15) is 28.3 Å². The van der Waals surface area contributed by atoms with E-state index in [0.717, 1.165) is 31.9 Å². The molecule has 138 valence electrons. The molecule has 1 saturated heterocycles. The maximum Gasteiger partial charge on any atom is 0.224 e. The highest BCUT2D eigenvalue weighted by atomic mass is 16.5. The summed E-state index contributed by atoms with van der Waals surface area (Å²) in [4.78, 5) is 14.9. The van der Waals surface area contributed by atoms with E-state index in [-0.39, 0.29) is 11.9 Å². The Bertz CT molecular complexity index is 738. The highest BCUT2D eigenvalue weighted by Gasteiger charge is 2.23. The molecule has 1 heterocycles. The predicted molar refractivity (Wildman–Crippen MR) is 104 cm³/mol. The van der Waals surface area contributed by atoms with Gasteiger partial charge in [-0.2, -0.15) is 0 Å². The third kappa shape index (κ3) is 5.16. The second kappa shape index (κ2) is 8.97. The van der Waals surface area contributed by atoms with Gasteiger partial charge in [0.2, 0.25) is 5.91 Å². The second-order valence-electron chi connectivity index (χ2n) is 7.05. The molecule has 3 rings (SSSR count). The van der Waals surface area contributed by atoms with Gasteiger partial charge in [-0.1, -0.05) is 59.7 Å². The van der Waals surface area contributed by atoms with Gasteiger partial charge in [0.1, 0.15) is 0 Å². The molecule has 2 aromatic carbocycles. The van der Waals surface area contributed by atoms with Gasteiger partial charge in [-0.25, -0.2) is 0 Å². The van der Waals surface area contributed by atoms with Gasteiger partial charge in [-0.05, 0) is 25.0 Å². The average Bonchev–Trinajstić information content (AvgIpc) is 2.63. The van der Waals surface area contributed by atoms with Crippen molar-refractivity contribution in [2.75, 3.05) is 32.8 Å². The smallest absolute Gasteiger partial charge is 0.224 e. The molecule has 1 atom stereocenters. The molecule has 0 aromatic heterocycles. The van der Waals surface area contributed by atoms with Crippen molar-refractivity contribution in [3.8, 4) is 0 Å². The highest BCUT2D eigenvalue weighted by molar-refractivity contribution is 5.78. The second-order valence-corrected chi connectivity index (χ2v) is 7.05. The van der Waals surface area contributed by atoms with Gasteiger partial charge in [-0.15, -0.1) is 0 Å². The van der Waals surface area contributed by atoms with Crippen LogP contribution in [0, 0.1) is 13.8 Å². The summed E-state index contributed by atoms with van der Waals surface area (Å²) in [6.45, 7) is 8.07. The SMILES string of the molecule is Cc1cccc(CC(=O)NCC(c2cccc(C)c2)N2CCOCC2)c1. The van der Waals surface area contributed by atoms with Crippen LogP contribution in [-0.2, 0) is 16.0 Å². The minimum Gasteiger partial charge on any atom is -0.379 e. The van der Waals surface area contributed by atoms with Crippen molar-refractivity contribution in [2.45, 2.75) is 26.3 Å². The molecule has 0 aliphatic carbocycles. The summed E-state index contributed by atoms with van der Waals surface area (Å²) in [6.07, 6.45) is 0.422. The summed E-state index contributed by atoms with van der Waals surface area (Å²) in [5.74, 6) is 0.0708. The summed E-state index contributed by atoms with van der Waals surface area (Å²) in [6, 6.07) is 16.9. The third-order valence-electron chi connectivity index (χ3n) is 4.85. The van der Waals surface area contributed by atoms with Crippen LogP contribution in [0.2, 0.25) is 0 Å². The summed E-state index contributed by atoms with van der Waals surface area (Å²) in [5, 5.41) is 3.14. The van der Waals surface area contributed by atoms with Crippen LogP contribution in [0.4, 0.5) is 0 Å². The predicted octanol–water partition coefficient (Wildman–Crippen LogP) is 3.04. The van der Waals surface area contributed by atoms with Gasteiger partial charge in [0.05, 0.1) is 25.7 Å². The summed E-state index contributed by atoms with van der Waals surface area (Å²) >= 11 is 0. The lowest BCUT2D eigenvalue weighted by atomic mass is 10.0. The molecular weight excluding hydrogens is 324 g/mol. The van der Waals surface area contributed by atoms with Gasteiger partial charge in [0.15, 0.2) is 0 Å². The van der Waals surface area contributed by atoms with E-state index in [1.54, 1.807) is 0 Å². The number of aryl methyl sites for hydroxylation is 2. The molecule has 0 saturated carbocycles. The number of ether oxygens (including phenoxy) is 1. The van der Waals surface area contributed by atoms with Gasteiger partial charge < -0.3 is 10.1 Å². The standard InChI is InChI=1S/C22H28N2O2/c1-17-5-3-7-19(13-17)15-22(25)23-16-21(24-9-11-26-12-10-24)20-8-4-6-18(2)14-20/h3-8,13-14,21H,9-12,15-16H2,1-2H3,(H,23,25). The molecule has 1 aliphatic heterocycles. The lowest BCUT2D eigenvalue weighted by Gasteiger charge is -2.35. The molecule has 1 unspecified atom stereocenters. The number of rotatable bonds is 6. The number of nitrogens with one attached hydrogen (secondary N) is 1. The molecule has 0 spiro atoms. The molecule has 0 bridgehead atoms. The van der Waals surface area contributed by atoms with E-state index >= 15 is 0 Å². The first-order valence-corrected chi connectivity index (χ1v) is 9.32. The Kier molecular flexibility index (Phi) is 6.42. The lowest BCUT2D eigenvalue weighted by Crippen LogP contribution is -2.44. The molecule has 1 fully saturated rings. The van der Waals surface area contributed by atoms with Crippen LogP contribution in [-0.4, -0.2) is 43.7 Å². The molecule has 4 heteroatoms. The molecule has 0 radical (unpaired) electrons. The monoisotopic (exact) mass is 352 g/mol. The Morgan fingerprint density at radius 1 is 1.08 bits per heavy atom. The number of carbonyl (C=O) groups excluding carboxylic acids is 1. The summed E-state index contributed by atoms with van der Waals surface area (Å²) < 4.78 is 5.50. The Labute approximate surface area is 156 Å². The average molecular weight is 352 g/mol. The van der Waals surface area contributed by atoms with Crippen molar-refractivity contribution in [2.24, 2.45) is 0 Å². The van der Waals surface area contributed by atoms with Gasteiger partial charge in [0.25, 0.3) is 0 Å². The number of hydrogen-bond donors (Lipinski definition) is 1. The van der Waals surface area contributed by atoms with E-state index in [9.17, 15) is 4.79 Å². The van der Waals surface area contributed by atoms with Crippen molar-refractivity contribution in [1.82, 2.24) is 10.2 Å². The van der Waals surface area contributed by atoms with Crippen molar-refractivity contribution in [3.05, 3.63) is 70.8 Å². The molecule has 4 nitrogen and oxygen atoms in total. The first-order chi connectivity index (χ1) is 12.6. The molecule has 1 N–H and O–H groups in total. The van der Waals surface area contributed by atoms with E-state index in [1.165, 1.54) is 16.7 Å². The normalized spacial score (nSPS) is 16.2. The zero-order valence-corrected chi connectivity index (χ0v) is 15.7. The minimum atomic E-state index is 0.0708. The van der Waals surface area contributed by atoms with Crippen molar-refractivity contribution in [1.29, 1.82) is 0 Å². The number of morpholine rings is 1. The van der Waals surface area contributed by atoms with Crippen molar-refractivity contribution < 1.29 is 9.53 Å². The Balaban J connectivity index is 1.66. The van der Waals surface area contributed by atoms with E-state index in [0.29, 0.717) is 13.0 Å². The van der Waals surface area contributed by atoms with Crippen LogP contribution in [0.3, 0.4) is 0 Å². The first kappa shape index (κ1) is 18.6. The molecular formula is C22H28N2O2. The van der Waals surface area contributed by atoms with E-state index < -0.39 is 0 Å². The number of hydrogen-bond acceptors (Lipinski definition) is 3. The fraction of sp³-hybridized carbons (Fsp3) is 0.409. The molecule has 1 aliphatic rings. The number of amides is 1. The van der Waals surface area contributed by atoms with Crippen LogP contribution in [0.5, 0.6) is 0 Å². The minimum absolute atomic E-state index is 0.0708. The van der Waals surface area contributed by atoms with Gasteiger partial charge in [-0.3, -0.25) is 9.69 Å².